The molecular formula is C14H20FNO2. The van der Waals surface area contributed by atoms with Gasteiger partial charge in [-0.05, 0) is 25.5 Å². The Morgan fingerprint density at radius 3 is 2.94 bits per heavy atom. The molecule has 0 radical (unpaired) electrons. The Balaban J connectivity index is 2.05. The topological polar surface area (TPSA) is 30.5 Å². The summed E-state index contributed by atoms with van der Waals surface area (Å²) in [5.41, 5.74) is 0.632. The van der Waals surface area contributed by atoms with Crippen molar-refractivity contribution < 1.29 is 13.9 Å². The number of para-hydroxylation sites is 1. The molecule has 0 aliphatic carbocycles. The molecule has 1 heterocycles. The van der Waals surface area contributed by atoms with Gasteiger partial charge in [0, 0.05) is 18.7 Å². The summed E-state index contributed by atoms with van der Waals surface area (Å²) in [5, 5.41) is 3.19. The lowest BCUT2D eigenvalue weighted by Gasteiger charge is -2.19. The smallest absolute Gasteiger partial charge is 0.144 e. The summed E-state index contributed by atoms with van der Waals surface area (Å²) in [5.74, 6) is 0.621. The zero-order valence-corrected chi connectivity index (χ0v) is 10.7. The van der Waals surface area contributed by atoms with Crippen molar-refractivity contribution >= 4 is 0 Å². The third kappa shape index (κ3) is 3.21. The quantitative estimate of drug-likeness (QED) is 0.790. The number of hydrogen-bond acceptors (Lipinski definition) is 3. The molecule has 0 bridgehead atoms. The molecule has 1 aliphatic heterocycles. The molecule has 2 atom stereocenters. The van der Waals surface area contributed by atoms with Crippen molar-refractivity contribution in [3.63, 3.8) is 0 Å². The number of nitrogens with one attached hydrogen (secondary N) is 1. The SMILES string of the molecule is COCCOc1ccccc1C(F)C1CCCN1. The van der Waals surface area contributed by atoms with Crippen LogP contribution in [0.3, 0.4) is 0 Å². The Kier molecular flexibility index (Phi) is 4.96. The molecule has 1 fully saturated rings. The van der Waals surface area contributed by atoms with Gasteiger partial charge in [-0.2, -0.15) is 0 Å². The van der Waals surface area contributed by atoms with E-state index in [0.29, 0.717) is 24.5 Å². The molecule has 0 spiro atoms. The molecule has 0 aromatic heterocycles. The van der Waals surface area contributed by atoms with E-state index in [4.69, 9.17) is 9.47 Å². The van der Waals surface area contributed by atoms with Crippen LogP contribution in [-0.4, -0.2) is 32.9 Å². The van der Waals surface area contributed by atoms with Gasteiger partial charge < -0.3 is 14.8 Å². The van der Waals surface area contributed by atoms with E-state index >= 15 is 0 Å². The number of rotatable bonds is 6. The van der Waals surface area contributed by atoms with Crippen molar-refractivity contribution in [1.29, 1.82) is 0 Å². The molecule has 3 nitrogen and oxygen atoms in total. The second-order valence-electron chi connectivity index (χ2n) is 4.48. The molecule has 1 aromatic rings. The van der Waals surface area contributed by atoms with Gasteiger partial charge in [0.2, 0.25) is 0 Å². The zero-order chi connectivity index (χ0) is 12.8. The van der Waals surface area contributed by atoms with Crippen molar-refractivity contribution in [3.05, 3.63) is 29.8 Å². The van der Waals surface area contributed by atoms with Crippen LogP contribution in [0.1, 0.15) is 24.6 Å². The molecule has 0 amide bonds. The second kappa shape index (κ2) is 6.71. The van der Waals surface area contributed by atoms with Crippen LogP contribution in [0.15, 0.2) is 24.3 Å². The van der Waals surface area contributed by atoms with Crippen LogP contribution < -0.4 is 10.1 Å². The summed E-state index contributed by atoms with van der Waals surface area (Å²) >= 11 is 0. The number of benzene rings is 1. The fraction of sp³-hybridized carbons (Fsp3) is 0.571. The molecule has 1 N–H and O–H groups in total. The van der Waals surface area contributed by atoms with Crippen molar-refractivity contribution in [2.75, 3.05) is 26.9 Å². The van der Waals surface area contributed by atoms with E-state index in [2.05, 4.69) is 5.32 Å². The summed E-state index contributed by atoms with van der Waals surface area (Å²) in [6.45, 7) is 1.85. The normalized spacial score (nSPS) is 20.9. The molecule has 1 saturated heterocycles. The van der Waals surface area contributed by atoms with E-state index in [-0.39, 0.29) is 6.04 Å². The predicted octanol–water partition coefficient (Wildman–Crippen LogP) is 2.47. The van der Waals surface area contributed by atoms with Gasteiger partial charge in [-0.1, -0.05) is 18.2 Å². The van der Waals surface area contributed by atoms with Crippen LogP contribution in [0.2, 0.25) is 0 Å². The Morgan fingerprint density at radius 1 is 1.39 bits per heavy atom. The lowest BCUT2D eigenvalue weighted by atomic mass is 10.0. The summed E-state index contributed by atoms with van der Waals surface area (Å²) in [6, 6.07) is 7.23. The van der Waals surface area contributed by atoms with Crippen LogP contribution in [0.25, 0.3) is 0 Å². The standard InChI is InChI=1S/C14H20FNO2/c1-17-9-10-18-13-7-3-2-5-11(13)14(15)12-6-4-8-16-12/h2-3,5,7,12,14,16H,4,6,8-10H2,1H3. The molecule has 1 aromatic carbocycles. The fourth-order valence-electron chi connectivity index (χ4n) is 2.25. The van der Waals surface area contributed by atoms with E-state index in [9.17, 15) is 4.39 Å². The largest absolute Gasteiger partial charge is 0.491 e. The minimum absolute atomic E-state index is 0.0859. The predicted molar refractivity (Wildman–Crippen MR) is 68.7 cm³/mol. The number of hydrogen-bond donors (Lipinski definition) is 1. The van der Waals surface area contributed by atoms with E-state index in [1.165, 1.54) is 0 Å². The third-order valence-electron chi connectivity index (χ3n) is 3.21. The fourth-order valence-corrected chi connectivity index (χ4v) is 2.25. The first kappa shape index (κ1) is 13.3. The Morgan fingerprint density at radius 2 is 2.22 bits per heavy atom. The molecule has 1 aliphatic rings. The molecular weight excluding hydrogens is 233 g/mol. The van der Waals surface area contributed by atoms with Gasteiger partial charge in [-0.15, -0.1) is 0 Å². The maximum absolute atomic E-state index is 14.4. The van der Waals surface area contributed by atoms with Gasteiger partial charge in [-0.25, -0.2) is 4.39 Å². The van der Waals surface area contributed by atoms with Crippen LogP contribution in [0.5, 0.6) is 5.75 Å². The van der Waals surface area contributed by atoms with Gasteiger partial charge in [0.25, 0.3) is 0 Å². The molecule has 0 saturated carbocycles. The number of halogens is 1. The van der Waals surface area contributed by atoms with Crippen LogP contribution >= 0.6 is 0 Å². The van der Waals surface area contributed by atoms with Gasteiger partial charge in [-0.3, -0.25) is 0 Å². The Hall–Kier alpha value is -1.13. The monoisotopic (exact) mass is 253 g/mol. The van der Waals surface area contributed by atoms with Crippen molar-refractivity contribution in [2.45, 2.75) is 25.1 Å². The first-order valence-corrected chi connectivity index (χ1v) is 6.41. The highest BCUT2D eigenvalue weighted by atomic mass is 19.1. The van der Waals surface area contributed by atoms with E-state index in [1.807, 2.05) is 18.2 Å². The summed E-state index contributed by atoms with van der Waals surface area (Å²) in [4.78, 5) is 0. The zero-order valence-electron chi connectivity index (χ0n) is 10.7. The maximum Gasteiger partial charge on any atom is 0.144 e. The summed E-state index contributed by atoms with van der Waals surface area (Å²) in [6.07, 6.45) is 0.914. The number of alkyl halides is 1. The summed E-state index contributed by atoms with van der Waals surface area (Å²) in [7, 11) is 1.62. The minimum Gasteiger partial charge on any atom is -0.491 e. The first-order chi connectivity index (χ1) is 8.83. The van der Waals surface area contributed by atoms with Crippen molar-refractivity contribution in [3.8, 4) is 5.75 Å². The maximum atomic E-state index is 14.4. The average Bonchev–Trinajstić information content (AvgIpc) is 2.93. The molecule has 18 heavy (non-hydrogen) atoms. The summed E-state index contributed by atoms with van der Waals surface area (Å²) < 4.78 is 24.9. The Labute approximate surface area is 107 Å². The third-order valence-corrected chi connectivity index (χ3v) is 3.21. The van der Waals surface area contributed by atoms with Gasteiger partial charge >= 0.3 is 0 Å². The highest BCUT2D eigenvalue weighted by molar-refractivity contribution is 5.36. The first-order valence-electron chi connectivity index (χ1n) is 6.41. The second-order valence-corrected chi connectivity index (χ2v) is 4.48. The molecule has 100 valence electrons. The minimum atomic E-state index is -1.01. The number of methoxy groups -OCH3 is 1. The molecule has 2 unspecified atom stereocenters. The highest BCUT2D eigenvalue weighted by Crippen LogP contribution is 2.33. The van der Waals surface area contributed by atoms with E-state index < -0.39 is 6.17 Å². The van der Waals surface area contributed by atoms with Gasteiger partial charge in [0.05, 0.1) is 6.61 Å². The lowest BCUT2D eigenvalue weighted by molar-refractivity contribution is 0.143. The average molecular weight is 253 g/mol. The van der Waals surface area contributed by atoms with Crippen molar-refractivity contribution in [2.24, 2.45) is 0 Å². The van der Waals surface area contributed by atoms with Crippen LogP contribution in [0, 0.1) is 0 Å². The lowest BCUT2D eigenvalue weighted by Crippen LogP contribution is -2.26. The van der Waals surface area contributed by atoms with E-state index in [1.54, 1.807) is 13.2 Å². The van der Waals surface area contributed by atoms with Crippen molar-refractivity contribution in [1.82, 2.24) is 5.32 Å². The number of ether oxygens (including phenoxy) is 2. The van der Waals surface area contributed by atoms with E-state index in [0.717, 1.165) is 19.4 Å². The van der Waals surface area contributed by atoms with Crippen LogP contribution in [-0.2, 0) is 4.74 Å². The van der Waals surface area contributed by atoms with Crippen LogP contribution in [0.4, 0.5) is 4.39 Å². The molecule has 4 heteroatoms. The Bertz CT molecular complexity index is 367. The van der Waals surface area contributed by atoms with Gasteiger partial charge in [0.1, 0.15) is 18.5 Å². The highest BCUT2D eigenvalue weighted by Gasteiger charge is 2.27. The van der Waals surface area contributed by atoms with Gasteiger partial charge in [0.15, 0.2) is 0 Å². The molecule has 2 rings (SSSR count).